The predicted molar refractivity (Wildman–Crippen MR) is 149 cm³/mol. The van der Waals surface area contributed by atoms with Gasteiger partial charge >= 0.3 is 0 Å². The van der Waals surface area contributed by atoms with Gasteiger partial charge in [0.1, 0.15) is 11.6 Å². The third-order valence-electron chi connectivity index (χ3n) is 6.75. The van der Waals surface area contributed by atoms with E-state index in [1.54, 1.807) is 36.3 Å². The lowest BCUT2D eigenvalue weighted by atomic mass is 9.90. The van der Waals surface area contributed by atoms with Gasteiger partial charge < -0.3 is 4.90 Å². The van der Waals surface area contributed by atoms with Gasteiger partial charge in [0.15, 0.2) is 0 Å². The summed E-state index contributed by atoms with van der Waals surface area (Å²) in [5.74, 6) is -0.589. The summed E-state index contributed by atoms with van der Waals surface area (Å²) in [6.07, 6.45) is 9.55. The third kappa shape index (κ3) is 4.61. The molecule has 0 radical (unpaired) electrons. The van der Waals surface area contributed by atoms with Gasteiger partial charge in [-0.15, -0.1) is 11.8 Å². The fourth-order valence-electron chi connectivity index (χ4n) is 4.89. The van der Waals surface area contributed by atoms with E-state index in [0.717, 1.165) is 39.3 Å². The first-order valence-corrected chi connectivity index (χ1v) is 13.4. The van der Waals surface area contributed by atoms with Gasteiger partial charge in [0.2, 0.25) is 0 Å². The van der Waals surface area contributed by atoms with Crippen LogP contribution >= 0.6 is 11.8 Å². The average Bonchev–Trinajstić information content (AvgIpc) is 3.36. The van der Waals surface area contributed by atoms with E-state index >= 15 is 0 Å². The average molecular weight is 523 g/mol. The maximum atomic E-state index is 14.0. The van der Waals surface area contributed by atoms with Gasteiger partial charge in [-0.1, -0.05) is 24.3 Å². The molecular weight excluding hydrogens is 498 g/mol. The number of hydrogen-bond acceptors (Lipinski definition) is 4. The van der Waals surface area contributed by atoms with E-state index in [0.29, 0.717) is 6.54 Å². The first kappa shape index (κ1) is 24.1. The van der Waals surface area contributed by atoms with Gasteiger partial charge in [-0.05, 0) is 89.7 Å². The monoisotopic (exact) mass is 522 g/mol. The Balaban J connectivity index is 1.54. The number of rotatable bonds is 6. The Labute approximate surface area is 224 Å². The molecule has 38 heavy (non-hydrogen) atoms. The topological polar surface area (TPSA) is 34.0 Å². The lowest BCUT2D eigenvalue weighted by Gasteiger charge is -2.39. The maximum Gasteiger partial charge on any atom is 0.123 e. The largest absolute Gasteiger partial charge is 0.329 e. The van der Waals surface area contributed by atoms with Crippen molar-refractivity contribution in [2.24, 2.45) is 0 Å². The molecule has 3 heterocycles. The molecule has 2 aromatic heterocycles. The number of nitrogens with zero attached hydrogens (tertiary/aromatic N) is 4. The molecule has 5 aromatic rings. The van der Waals surface area contributed by atoms with Gasteiger partial charge in [0.05, 0.1) is 30.2 Å². The number of aromatic nitrogens is 3. The van der Waals surface area contributed by atoms with Gasteiger partial charge in [0.25, 0.3) is 0 Å². The Morgan fingerprint density at radius 1 is 0.816 bits per heavy atom. The Morgan fingerprint density at radius 2 is 1.47 bits per heavy atom. The number of hydrogen-bond donors (Lipinski definition) is 0. The summed E-state index contributed by atoms with van der Waals surface area (Å²) >= 11 is 1.71. The van der Waals surface area contributed by atoms with Crippen molar-refractivity contribution in [3.63, 3.8) is 0 Å². The fraction of sp³-hybridized carbons (Fsp3) is 0.0968. The number of halogens is 2. The Hall–Kier alpha value is -4.23. The molecule has 0 N–H and O–H groups in total. The smallest absolute Gasteiger partial charge is 0.123 e. The van der Waals surface area contributed by atoms with Crippen LogP contribution in [0.25, 0.3) is 11.8 Å². The molecular formula is C31H24F2N4S. The van der Waals surface area contributed by atoms with Crippen LogP contribution in [0, 0.1) is 11.6 Å². The van der Waals surface area contributed by atoms with Gasteiger partial charge in [-0.25, -0.2) is 8.78 Å². The molecule has 0 saturated carbocycles. The van der Waals surface area contributed by atoms with E-state index < -0.39 is 0 Å². The second-order valence-electron chi connectivity index (χ2n) is 9.06. The van der Waals surface area contributed by atoms with Crippen molar-refractivity contribution < 1.29 is 8.78 Å². The summed E-state index contributed by atoms with van der Waals surface area (Å²) in [5, 5.41) is 4.79. The summed E-state index contributed by atoms with van der Waals surface area (Å²) < 4.78 is 29.9. The number of benzene rings is 3. The number of pyridine rings is 1. The summed E-state index contributed by atoms with van der Waals surface area (Å²) in [5.41, 5.74) is 6.67. The van der Waals surface area contributed by atoms with E-state index in [9.17, 15) is 8.78 Å². The van der Waals surface area contributed by atoms with Crippen LogP contribution < -0.4 is 4.90 Å². The van der Waals surface area contributed by atoms with Gasteiger partial charge in [-0.3, -0.25) is 9.67 Å². The normalized spacial score (nSPS) is 14.8. The number of thioether (sulfide) groups is 1. The van der Waals surface area contributed by atoms with Crippen molar-refractivity contribution in [2.45, 2.75) is 17.5 Å². The summed E-state index contributed by atoms with van der Waals surface area (Å²) in [7, 11) is 0. The molecule has 1 aliphatic heterocycles. The van der Waals surface area contributed by atoms with Crippen molar-refractivity contribution in [3.8, 4) is 0 Å². The van der Waals surface area contributed by atoms with Crippen LogP contribution in [0.3, 0.4) is 0 Å². The first-order chi connectivity index (χ1) is 18.6. The van der Waals surface area contributed by atoms with Crippen LogP contribution in [0.5, 0.6) is 0 Å². The zero-order chi connectivity index (χ0) is 26.1. The number of anilines is 1. The van der Waals surface area contributed by atoms with Crippen molar-refractivity contribution in [1.29, 1.82) is 0 Å². The van der Waals surface area contributed by atoms with Crippen molar-refractivity contribution >= 4 is 29.2 Å². The highest BCUT2D eigenvalue weighted by molar-refractivity contribution is 7.98. The minimum Gasteiger partial charge on any atom is -0.329 e. The fourth-order valence-corrected chi connectivity index (χ4v) is 5.30. The van der Waals surface area contributed by atoms with Crippen LogP contribution in [0.2, 0.25) is 0 Å². The molecule has 0 bridgehead atoms. The Morgan fingerprint density at radius 3 is 2.13 bits per heavy atom. The molecule has 4 nitrogen and oxygen atoms in total. The summed E-state index contributed by atoms with van der Waals surface area (Å²) in [4.78, 5) is 7.60. The molecule has 188 valence electrons. The molecule has 0 fully saturated rings. The standard InChI is InChI=1S/C31H24F2N4S/c1-38-27-12-2-21(3-13-27)20-36-30-18-29(22-4-8-24(32)9-5-22)37(26-14-16-34-17-15-26)31(28(30)19-35-36)23-6-10-25(33)11-7-23/h2-19,31H,20H2,1H3. The summed E-state index contributed by atoms with van der Waals surface area (Å²) in [6, 6.07) is 25.1. The van der Waals surface area contributed by atoms with Crippen molar-refractivity contribution in [3.05, 3.63) is 143 Å². The molecule has 6 rings (SSSR count). The molecule has 0 saturated heterocycles. The minimum absolute atomic E-state index is 0.286. The van der Waals surface area contributed by atoms with Crippen molar-refractivity contribution in [1.82, 2.24) is 14.8 Å². The molecule has 0 amide bonds. The minimum atomic E-state index is -0.296. The third-order valence-corrected chi connectivity index (χ3v) is 7.50. The zero-order valence-corrected chi connectivity index (χ0v) is 21.4. The second kappa shape index (κ2) is 10.3. The van der Waals surface area contributed by atoms with Crippen LogP contribution in [-0.4, -0.2) is 21.0 Å². The quantitative estimate of drug-likeness (QED) is 0.217. The zero-order valence-electron chi connectivity index (χ0n) is 20.6. The molecule has 1 aliphatic rings. The van der Waals surface area contributed by atoms with Gasteiger partial charge in [0, 0.05) is 28.5 Å². The first-order valence-electron chi connectivity index (χ1n) is 12.2. The molecule has 0 aliphatic carbocycles. The predicted octanol–water partition coefficient (Wildman–Crippen LogP) is 7.43. The summed E-state index contributed by atoms with van der Waals surface area (Å²) in [6.45, 7) is 0.600. The van der Waals surface area contributed by atoms with E-state index in [1.807, 2.05) is 35.1 Å². The van der Waals surface area contributed by atoms with E-state index in [1.165, 1.54) is 29.2 Å². The molecule has 3 aromatic carbocycles. The molecule has 0 spiro atoms. The number of fused-ring (bicyclic) bond motifs is 1. The molecule has 1 atom stereocenters. The highest BCUT2D eigenvalue weighted by Crippen LogP contribution is 2.45. The van der Waals surface area contributed by atoms with Crippen LogP contribution in [-0.2, 0) is 6.54 Å². The maximum absolute atomic E-state index is 14.0. The Kier molecular flexibility index (Phi) is 6.52. The lowest BCUT2D eigenvalue weighted by Crippen LogP contribution is -2.31. The second-order valence-corrected chi connectivity index (χ2v) is 9.94. The van der Waals surface area contributed by atoms with Crippen LogP contribution in [0.4, 0.5) is 14.5 Å². The van der Waals surface area contributed by atoms with Gasteiger partial charge in [-0.2, -0.15) is 5.10 Å². The highest BCUT2D eigenvalue weighted by Gasteiger charge is 2.34. The Bertz CT molecular complexity index is 1580. The molecule has 7 heteroatoms. The lowest BCUT2D eigenvalue weighted by molar-refractivity contribution is 0.626. The molecule has 1 unspecified atom stereocenters. The van der Waals surface area contributed by atoms with Crippen molar-refractivity contribution in [2.75, 3.05) is 11.2 Å². The SMILES string of the molecule is CSc1ccc(Cn2ncc3c2C=C(c2ccc(F)cc2)N(c2ccncc2)C3c2ccc(F)cc2)cc1. The van der Waals surface area contributed by atoms with Crippen LogP contribution in [0.15, 0.2) is 108 Å². The highest BCUT2D eigenvalue weighted by atomic mass is 32.2. The van der Waals surface area contributed by atoms with Crippen LogP contribution in [0.1, 0.15) is 34.0 Å². The van der Waals surface area contributed by atoms with E-state index in [-0.39, 0.29) is 17.7 Å². The van der Waals surface area contributed by atoms with E-state index in [2.05, 4.69) is 46.5 Å². The van der Waals surface area contributed by atoms with E-state index in [4.69, 9.17) is 5.10 Å².